The lowest BCUT2D eigenvalue weighted by Gasteiger charge is -2.33. The Morgan fingerprint density at radius 3 is 2.59 bits per heavy atom. The van der Waals surface area contributed by atoms with Gasteiger partial charge in [0.2, 0.25) is 0 Å². The van der Waals surface area contributed by atoms with Gasteiger partial charge in [0.1, 0.15) is 5.82 Å². The zero-order chi connectivity index (χ0) is 21.0. The Kier molecular flexibility index (Phi) is 6.46. The molecule has 0 bridgehead atoms. The number of esters is 1. The molecule has 10 heteroatoms. The molecular weight excluding hydrogens is 399 g/mol. The zero-order valence-corrected chi connectivity index (χ0v) is 17.1. The van der Waals surface area contributed by atoms with E-state index in [9.17, 15) is 17.6 Å². The predicted molar refractivity (Wildman–Crippen MR) is 106 cm³/mol. The van der Waals surface area contributed by atoms with E-state index in [0.717, 1.165) is 0 Å². The summed E-state index contributed by atoms with van der Waals surface area (Å²) in [4.78, 5) is 15.8. The molecule has 0 aliphatic carbocycles. The lowest BCUT2D eigenvalue weighted by Crippen LogP contribution is -2.51. The minimum Gasteiger partial charge on any atom is -0.465 e. The first kappa shape index (κ1) is 21.2. The van der Waals surface area contributed by atoms with Crippen LogP contribution in [0, 0.1) is 12.7 Å². The Balaban J connectivity index is 1.96. The van der Waals surface area contributed by atoms with Crippen LogP contribution in [-0.4, -0.2) is 57.0 Å². The summed E-state index contributed by atoms with van der Waals surface area (Å²) >= 11 is 0. The third kappa shape index (κ3) is 4.72. The Morgan fingerprint density at radius 2 is 2.00 bits per heavy atom. The topological polar surface area (TPSA) is 91.8 Å². The standard InChI is InChI=1S/C19H23FN4O4S/c1-14-11-17(5-6-18(14)20)24(29(26,27)23-9-7-21-8-10-23)13-16-4-3-15(12-22-16)19(25)28-2/h3-6,11-12,21H,7-10,13H2,1-2H3. The highest BCUT2D eigenvalue weighted by molar-refractivity contribution is 7.90. The van der Waals surface area contributed by atoms with Gasteiger partial charge in [0, 0.05) is 32.4 Å². The van der Waals surface area contributed by atoms with Crippen molar-refractivity contribution < 1.29 is 22.3 Å². The number of benzene rings is 1. The number of halogens is 1. The molecule has 1 aromatic heterocycles. The number of carbonyl (C=O) groups is 1. The first-order valence-corrected chi connectivity index (χ1v) is 10.5. The molecule has 0 atom stereocenters. The van der Waals surface area contributed by atoms with Crippen LogP contribution >= 0.6 is 0 Å². The number of aromatic nitrogens is 1. The van der Waals surface area contributed by atoms with Crippen molar-refractivity contribution in [2.45, 2.75) is 13.5 Å². The van der Waals surface area contributed by atoms with E-state index in [-0.39, 0.29) is 12.1 Å². The molecule has 0 radical (unpaired) electrons. The van der Waals surface area contributed by atoms with Crippen molar-refractivity contribution in [3.63, 3.8) is 0 Å². The molecule has 1 fully saturated rings. The largest absolute Gasteiger partial charge is 0.465 e. The fraction of sp³-hybridized carbons (Fsp3) is 0.368. The molecule has 0 saturated carbocycles. The minimum atomic E-state index is -3.86. The van der Waals surface area contributed by atoms with E-state index >= 15 is 0 Å². The molecule has 8 nitrogen and oxygen atoms in total. The Labute approximate surface area is 169 Å². The molecule has 0 spiro atoms. The van der Waals surface area contributed by atoms with E-state index < -0.39 is 22.0 Å². The van der Waals surface area contributed by atoms with Crippen LogP contribution in [0.1, 0.15) is 21.6 Å². The molecule has 1 aromatic carbocycles. The number of pyridine rings is 1. The maximum atomic E-state index is 13.8. The molecule has 1 aliphatic heterocycles. The number of rotatable bonds is 6. The van der Waals surface area contributed by atoms with E-state index in [4.69, 9.17) is 0 Å². The van der Waals surface area contributed by atoms with Gasteiger partial charge in [-0.3, -0.25) is 9.29 Å². The number of piperazine rings is 1. The van der Waals surface area contributed by atoms with E-state index in [1.807, 2.05) is 0 Å². The van der Waals surface area contributed by atoms with Crippen molar-refractivity contribution in [1.82, 2.24) is 14.6 Å². The average Bonchev–Trinajstić information content (AvgIpc) is 2.74. The molecule has 1 N–H and O–H groups in total. The van der Waals surface area contributed by atoms with Crippen molar-refractivity contribution >= 4 is 21.9 Å². The number of methoxy groups -OCH3 is 1. The zero-order valence-electron chi connectivity index (χ0n) is 16.3. The Bertz CT molecular complexity index is 976. The van der Waals surface area contributed by atoms with Gasteiger partial charge < -0.3 is 10.1 Å². The fourth-order valence-corrected chi connectivity index (χ4v) is 4.61. The Morgan fingerprint density at radius 1 is 1.28 bits per heavy atom. The van der Waals surface area contributed by atoms with Crippen LogP contribution in [0.25, 0.3) is 0 Å². The second-order valence-electron chi connectivity index (χ2n) is 6.63. The molecule has 1 aliphatic rings. The van der Waals surface area contributed by atoms with Crippen LogP contribution < -0.4 is 9.62 Å². The summed E-state index contributed by atoms with van der Waals surface area (Å²) in [5.74, 6) is -0.933. The van der Waals surface area contributed by atoms with Gasteiger partial charge in [-0.2, -0.15) is 12.7 Å². The van der Waals surface area contributed by atoms with Gasteiger partial charge in [0.25, 0.3) is 0 Å². The van der Waals surface area contributed by atoms with Gasteiger partial charge in [-0.1, -0.05) is 0 Å². The normalized spacial score (nSPS) is 15.1. The maximum absolute atomic E-state index is 13.8. The number of hydrogen-bond acceptors (Lipinski definition) is 6. The third-order valence-corrected chi connectivity index (χ3v) is 6.58. The number of hydrogen-bond donors (Lipinski definition) is 1. The molecular formula is C19H23FN4O4S. The van der Waals surface area contributed by atoms with Crippen LogP contribution in [0.2, 0.25) is 0 Å². The van der Waals surface area contributed by atoms with Crippen LogP contribution in [0.15, 0.2) is 36.5 Å². The average molecular weight is 422 g/mol. The van der Waals surface area contributed by atoms with E-state index in [1.54, 1.807) is 13.0 Å². The number of ether oxygens (including phenoxy) is 1. The number of nitrogens with zero attached hydrogens (tertiary/aromatic N) is 3. The first-order valence-electron chi connectivity index (χ1n) is 9.11. The number of nitrogens with one attached hydrogen (secondary N) is 1. The van der Waals surface area contributed by atoms with Crippen molar-refractivity contribution in [2.75, 3.05) is 37.6 Å². The molecule has 29 heavy (non-hydrogen) atoms. The fourth-order valence-electron chi connectivity index (χ4n) is 3.01. The predicted octanol–water partition coefficient (Wildman–Crippen LogP) is 1.47. The highest BCUT2D eigenvalue weighted by Gasteiger charge is 2.31. The third-order valence-electron chi connectivity index (χ3n) is 4.66. The molecule has 3 rings (SSSR count). The van der Waals surface area contributed by atoms with Gasteiger partial charge >= 0.3 is 16.2 Å². The van der Waals surface area contributed by atoms with Crippen LogP contribution in [-0.2, 0) is 21.5 Å². The van der Waals surface area contributed by atoms with Crippen LogP contribution in [0.3, 0.4) is 0 Å². The van der Waals surface area contributed by atoms with Gasteiger partial charge in [0.05, 0.1) is 30.6 Å². The highest BCUT2D eigenvalue weighted by Crippen LogP contribution is 2.25. The van der Waals surface area contributed by atoms with E-state index in [1.165, 1.54) is 46.2 Å². The summed E-state index contributed by atoms with van der Waals surface area (Å²) in [5.41, 5.74) is 1.40. The maximum Gasteiger partial charge on any atom is 0.339 e. The lowest BCUT2D eigenvalue weighted by atomic mass is 10.2. The SMILES string of the molecule is COC(=O)c1ccc(CN(c2ccc(F)c(C)c2)S(=O)(=O)N2CCNCC2)nc1. The molecule has 1 saturated heterocycles. The molecule has 2 aromatic rings. The number of aryl methyl sites for hydroxylation is 1. The number of carbonyl (C=O) groups excluding carboxylic acids is 1. The summed E-state index contributed by atoms with van der Waals surface area (Å²) in [6, 6.07) is 7.28. The quantitative estimate of drug-likeness (QED) is 0.709. The molecule has 156 valence electrons. The summed E-state index contributed by atoms with van der Waals surface area (Å²) in [6.07, 6.45) is 1.34. The smallest absolute Gasteiger partial charge is 0.339 e. The van der Waals surface area contributed by atoms with Crippen molar-refractivity contribution in [1.29, 1.82) is 0 Å². The molecule has 0 amide bonds. The van der Waals surface area contributed by atoms with Gasteiger partial charge in [-0.05, 0) is 42.8 Å². The lowest BCUT2D eigenvalue weighted by molar-refractivity contribution is 0.0600. The summed E-state index contributed by atoms with van der Waals surface area (Å²) in [6.45, 7) is 3.32. The van der Waals surface area contributed by atoms with Crippen LogP contribution in [0.4, 0.5) is 10.1 Å². The second-order valence-corrected chi connectivity index (χ2v) is 8.48. The molecule has 2 heterocycles. The second kappa shape index (κ2) is 8.85. The Hall–Kier alpha value is -2.56. The van der Waals surface area contributed by atoms with Crippen molar-refractivity contribution in [3.8, 4) is 0 Å². The monoisotopic (exact) mass is 422 g/mol. The van der Waals surface area contributed by atoms with Crippen molar-refractivity contribution in [3.05, 3.63) is 59.2 Å². The van der Waals surface area contributed by atoms with Gasteiger partial charge in [-0.25, -0.2) is 9.18 Å². The van der Waals surface area contributed by atoms with Crippen molar-refractivity contribution in [2.24, 2.45) is 0 Å². The summed E-state index contributed by atoms with van der Waals surface area (Å²) in [7, 11) is -2.59. The number of anilines is 1. The van der Waals surface area contributed by atoms with Gasteiger partial charge in [0.15, 0.2) is 0 Å². The van der Waals surface area contributed by atoms with E-state index in [0.29, 0.717) is 43.1 Å². The van der Waals surface area contributed by atoms with Gasteiger partial charge in [-0.15, -0.1) is 0 Å². The minimum absolute atomic E-state index is 0.0568. The summed E-state index contributed by atoms with van der Waals surface area (Å²) in [5, 5.41) is 3.12. The van der Waals surface area contributed by atoms with E-state index in [2.05, 4.69) is 15.0 Å². The van der Waals surface area contributed by atoms with Crippen LogP contribution in [0.5, 0.6) is 0 Å². The summed E-state index contributed by atoms with van der Waals surface area (Å²) < 4.78 is 47.7. The first-order chi connectivity index (χ1) is 13.8. The highest BCUT2D eigenvalue weighted by atomic mass is 32.2. The molecule has 0 unspecified atom stereocenters.